The number of carbonyl (C=O) groups excluding carboxylic acids is 4. The molecular formula is C12H14N4O6Si. The van der Waals surface area contributed by atoms with Gasteiger partial charge < -0.3 is 20.1 Å². The minimum atomic E-state index is -0.939. The van der Waals surface area contributed by atoms with Gasteiger partial charge in [0, 0.05) is 11.0 Å². The van der Waals surface area contributed by atoms with Crippen molar-refractivity contribution >= 4 is 46.6 Å². The Morgan fingerprint density at radius 3 is 1.43 bits per heavy atom. The number of benzene rings is 1. The molecule has 0 aliphatic rings. The molecule has 4 N–H and O–H groups in total. The summed E-state index contributed by atoms with van der Waals surface area (Å²) in [6, 6.07) is 4.44. The molecule has 0 saturated carbocycles. The number of methoxy groups -OCH3 is 2. The van der Waals surface area contributed by atoms with Crippen molar-refractivity contribution in [1.29, 1.82) is 0 Å². The van der Waals surface area contributed by atoms with Crippen LogP contribution < -0.4 is 21.3 Å². The topological polar surface area (TPSA) is 135 Å². The van der Waals surface area contributed by atoms with Gasteiger partial charge >= 0.3 is 24.2 Å². The third kappa shape index (κ3) is 6.95. The number of anilines is 2. The highest BCUT2D eigenvalue weighted by molar-refractivity contribution is 6.04. The highest BCUT2D eigenvalue weighted by Crippen LogP contribution is 2.20. The van der Waals surface area contributed by atoms with E-state index in [4.69, 9.17) is 0 Å². The van der Waals surface area contributed by atoms with Gasteiger partial charge in [-0.25, -0.2) is 29.8 Å². The SMILES string of the molecule is COC(=O)NC(=O)Nc1ccccc1NC(=O)NC(=O)OC.[Si]. The molecule has 4 radical (unpaired) electrons. The zero-order chi connectivity index (χ0) is 16.5. The number of imide groups is 2. The molecule has 11 heteroatoms. The Hall–Kier alpha value is -3.08. The fourth-order valence-electron chi connectivity index (χ4n) is 1.30. The number of urea groups is 2. The van der Waals surface area contributed by atoms with Crippen LogP contribution >= 0.6 is 0 Å². The second kappa shape index (κ2) is 9.78. The molecule has 23 heavy (non-hydrogen) atoms. The lowest BCUT2D eigenvalue weighted by molar-refractivity contribution is 0.170. The van der Waals surface area contributed by atoms with E-state index in [0.29, 0.717) is 0 Å². The fraction of sp³-hybridized carbons (Fsp3) is 0.167. The van der Waals surface area contributed by atoms with Gasteiger partial charge in [0.25, 0.3) is 0 Å². The van der Waals surface area contributed by atoms with E-state index >= 15 is 0 Å². The third-order valence-corrected chi connectivity index (χ3v) is 2.23. The van der Waals surface area contributed by atoms with Crippen LogP contribution in [-0.2, 0) is 9.47 Å². The molecule has 0 aromatic heterocycles. The van der Waals surface area contributed by atoms with Gasteiger partial charge in [0.2, 0.25) is 0 Å². The van der Waals surface area contributed by atoms with Crippen LogP contribution in [0.15, 0.2) is 24.3 Å². The van der Waals surface area contributed by atoms with Crippen molar-refractivity contribution in [3.05, 3.63) is 24.3 Å². The van der Waals surface area contributed by atoms with Gasteiger partial charge in [-0.15, -0.1) is 0 Å². The molecule has 6 amide bonds. The third-order valence-electron chi connectivity index (χ3n) is 2.23. The van der Waals surface area contributed by atoms with E-state index in [0.717, 1.165) is 14.2 Å². The van der Waals surface area contributed by atoms with Crippen molar-refractivity contribution in [3.8, 4) is 0 Å². The van der Waals surface area contributed by atoms with Crippen molar-refractivity contribution in [3.63, 3.8) is 0 Å². The Kier molecular flexibility index (Phi) is 8.47. The number of rotatable bonds is 2. The van der Waals surface area contributed by atoms with Gasteiger partial charge in [0.05, 0.1) is 25.6 Å². The molecule has 0 aliphatic carbocycles. The van der Waals surface area contributed by atoms with Crippen molar-refractivity contribution in [2.24, 2.45) is 0 Å². The highest BCUT2D eigenvalue weighted by Gasteiger charge is 2.12. The highest BCUT2D eigenvalue weighted by atomic mass is 28.1. The van der Waals surface area contributed by atoms with Gasteiger partial charge in [-0.2, -0.15) is 0 Å². The van der Waals surface area contributed by atoms with Crippen LogP contribution in [0.2, 0.25) is 0 Å². The summed E-state index contributed by atoms with van der Waals surface area (Å²) in [4.78, 5) is 44.8. The molecule has 0 heterocycles. The summed E-state index contributed by atoms with van der Waals surface area (Å²) < 4.78 is 8.53. The summed E-state index contributed by atoms with van der Waals surface area (Å²) in [5.41, 5.74) is 0.396. The van der Waals surface area contributed by atoms with E-state index in [-0.39, 0.29) is 22.3 Å². The average molecular weight is 338 g/mol. The molecule has 122 valence electrons. The molecule has 0 atom stereocenters. The number of carbonyl (C=O) groups is 4. The Morgan fingerprint density at radius 1 is 0.783 bits per heavy atom. The normalized spacial score (nSPS) is 8.78. The number of para-hydroxylation sites is 2. The molecule has 0 aliphatic heterocycles. The molecule has 0 saturated heterocycles. The summed E-state index contributed by atoms with van der Waals surface area (Å²) >= 11 is 0. The number of hydrogen-bond acceptors (Lipinski definition) is 6. The molecule has 1 rings (SSSR count). The molecule has 1 aromatic rings. The number of hydrogen-bond donors (Lipinski definition) is 4. The first kappa shape index (κ1) is 19.9. The minimum absolute atomic E-state index is 0. The summed E-state index contributed by atoms with van der Waals surface area (Å²) in [5.74, 6) is 0. The quantitative estimate of drug-likeness (QED) is 0.596. The van der Waals surface area contributed by atoms with Gasteiger partial charge in [-0.1, -0.05) is 12.1 Å². The number of ether oxygens (including phenoxy) is 2. The van der Waals surface area contributed by atoms with Crippen molar-refractivity contribution in [1.82, 2.24) is 10.6 Å². The monoisotopic (exact) mass is 338 g/mol. The average Bonchev–Trinajstić information content (AvgIpc) is 2.48. The summed E-state index contributed by atoms with van der Waals surface area (Å²) in [5, 5.41) is 8.45. The molecule has 0 unspecified atom stereocenters. The second-order valence-electron chi connectivity index (χ2n) is 3.69. The molecule has 0 bridgehead atoms. The fourth-order valence-corrected chi connectivity index (χ4v) is 1.30. The van der Waals surface area contributed by atoms with Crippen molar-refractivity contribution < 1.29 is 28.7 Å². The van der Waals surface area contributed by atoms with E-state index in [2.05, 4.69) is 20.1 Å². The maximum atomic E-state index is 11.5. The molecule has 0 fully saturated rings. The zero-order valence-corrected chi connectivity index (χ0v) is 13.3. The Balaban J connectivity index is 0.00000484. The van der Waals surface area contributed by atoms with Crippen LogP contribution in [0.5, 0.6) is 0 Å². The van der Waals surface area contributed by atoms with E-state index in [1.165, 1.54) is 12.1 Å². The molecule has 1 aromatic carbocycles. The van der Waals surface area contributed by atoms with Crippen LogP contribution in [0, 0.1) is 0 Å². The zero-order valence-electron chi connectivity index (χ0n) is 12.3. The Bertz CT molecular complexity index is 544. The summed E-state index contributed by atoms with van der Waals surface area (Å²) in [6.07, 6.45) is -1.88. The van der Waals surface area contributed by atoms with Crippen LogP contribution in [-0.4, -0.2) is 49.4 Å². The molecule has 0 spiro atoms. The van der Waals surface area contributed by atoms with Crippen LogP contribution in [0.1, 0.15) is 0 Å². The summed E-state index contributed by atoms with van der Waals surface area (Å²) in [7, 11) is 2.21. The van der Waals surface area contributed by atoms with Crippen LogP contribution in [0.4, 0.5) is 30.6 Å². The summed E-state index contributed by atoms with van der Waals surface area (Å²) in [6.45, 7) is 0. The molecule has 10 nitrogen and oxygen atoms in total. The standard InChI is InChI=1S/C12H14N4O6.Si/c1-21-11(19)15-9(17)13-7-5-3-4-6-8(7)14-10(18)16-12(20)22-2;/h3-6H,1-2H3,(H2,13,15,17,19)(H2,14,16,18,20);. The molecular weight excluding hydrogens is 324 g/mol. The van der Waals surface area contributed by atoms with Crippen molar-refractivity contribution in [2.75, 3.05) is 24.9 Å². The van der Waals surface area contributed by atoms with Crippen LogP contribution in [0.3, 0.4) is 0 Å². The lowest BCUT2D eigenvalue weighted by Gasteiger charge is -2.12. The van der Waals surface area contributed by atoms with Gasteiger partial charge in [0.15, 0.2) is 0 Å². The minimum Gasteiger partial charge on any atom is -0.453 e. The lowest BCUT2D eigenvalue weighted by Crippen LogP contribution is -2.36. The maximum absolute atomic E-state index is 11.5. The van der Waals surface area contributed by atoms with E-state index < -0.39 is 24.2 Å². The van der Waals surface area contributed by atoms with Gasteiger partial charge in [-0.3, -0.25) is 0 Å². The first-order valence-corrected chi connectivity index (χ1v) is 5.87. The largest absolute Gasteiger partial charge is 0.453 e. The van der Waals surface area contributed by atoms with Gasteiger partial charge in [-0.05, 0) is 12.1 Å². The van der Waals surface area contributed by atoms with E-state index in [9.17, 15) is 19.2 Å². The number of alkyl carbamates (subject to hydrolysis) is 2. The smallest absolute Gasteiger partial charge is 0.415 e. The number of nitrogens with one attached hydrogen (secondary N) is 4. The maximum Gasteiger partial charge on any atom is 0.415 e. The van der Waals surface area contributed by atoms with E-state index in [1.807, 2.05) is 10.6 Å². The van der Waals surface area contributed by atoms with Gasteiger partial charge in [0.1, 0.15) is 0 Å². The second-order valence-corrected chi connectivity index (χ2v) is 3.69. The predicted molar refractivity (Wildman–Crippen MR) is 81.3 cm³/mol. The van der Waals surface area contributed by atoms with Crippen molar-refractivity contribution in [2.45, 2.75) is 0 Å². The Morgan fingerprint density at radius 2 is 1.13 bits per heavy atom. The lowest BCUT2D eigenvalue weighted by atomic mass is 10.2. The van der Waals surface area contributed by atoms with E-state index in [1.54, 1.807) is 12.1 Å². The Labute approximate surface area is 135 Å². The first-order chi connectivity index (χ1) is 10.5. The first-order valence-electron chi connectivity index (χ1n) is 5.87. The number of amides is 6. The predicted octanol–water partition coefficient (Wildman–Crippen LogP) is 1.08. The van der Waals surface area contributed by atoms with Crippen LogP contribution in [0.25, 0.3) is 0 Å².